The molecule has 33 heavy (non-hydrogen) atoms. The zero-order valence-electron chi connectivity index (χ0n) is 16.7. The molecule has 0 unspecified atom stereocenters. The van der Waals surface area contributed by atoms with Crippen LogP contribution in [0, 0.1) is 0 Å². The van der Waals surface area contributed by atoms with Crippen molar-refractivity contribution >= 4 is 79.3 Å². The number of thiophene rings is 1. The summed E-state index contributed by atoms with van der Waals surface area (Å²) >= 11 is 19.0. The van der Waals surface area contributed by atoms with E-state index in [1.54, 1.807) is 18.2 Å². The van der Waals surface area contributed by atoms with E-state index < -0.39 is 33.2 Å². The second kappa shape index (κ2) is 9.19. The third-order valence-electron chi connectivity index (χ3n) is 4.95. The van der Waals surface area contributed by atoms with Gasteiger partial charge in [-0.05, 0) is 53.6 Å². The Morgan fingerprint density at radius 2 is 1.76 bits per heavy atom. The predicted molar refractivity (Wildman–Crippen MR) is 129 cm³/mol. The number of carbonyl (C=O) groups is 3. The Kier molecular flexibility index (Phi) is 6.66. The molecule has 0 saturated carbocycles. The number of rotatable bonds is 6. The quantitative estimate of drug-likeness (QED) is 0.408. The summed E-state index contributed by atoms with van der Waals surface area (Å²) in [5.74, 6) is -2.18. The van der Waals surface area contributed by atoms with Gasteiger partial charge in [-0.25, -0.2) is 13.3 Å². The third-order valence-corrected chi connectivity index (χ3v) is 8.98. The highest BCUT2D eigenvalue weighted by atomic mass is 35.5. The fourth-order valence-corrected chi connectivity index (χ4v) is 6.80. The Morgan fingerprint density at radius 1 is 1.00 bits per heavy atom. The number of Topliss-reactive ketones (excluding diaryl/α,β-unsaturated/α-hetero) is 1. The lowest BCUT2D eigenvalue weighted by Gasteiger charge is -2.27. The number of imide groups is 1. The SMILES string of the molecule is O=C(Cc1ccc(N2C(=O)Cc3cc(Cl)ccc3C2=O)c(Cl)c1)CS(=O)(=O)c1ccc(Cl)s1. The number of carbonyl (C=O) groups excluding carboxylic acids is 3. The maximum atomic E-state index is 12.9. The molecular formula is C22H14Cl3NO5S2. The van der Waals surface area contributed by atoms with Gasteiger partial charge in [-0.1, -0.05) is 40.9 Å². The van der Waals surface area contributed by atoms with Gasteiger partial charge in [0.1, 0.15) is 9.96 Å². The standard InChI is InChI=1S/C22H14Cl3NO5S2/c23-14-2-3-16-13(9-14)10-20(28)26(22(16)29)18-4-1-12(8-17(18)24)7-15(27)11-33(30,31)21-6-5-19(25)32-21/h1-6,8-9H,7,10-11H2. The van der Waals surface area contributed by atoms with Crippen LogP contribution >= 0.6 is 46.1 Å². The summed E-state index contributed by atoms with van der Waals surface area (Å²) in [4.78, 5) is 39.0. The van der Waals surface area contributed by atoms with Crippen LogP contribution in [-0.2, 0) is 32.3 Å². The van der Waals surface area contributed by atoms with Crippen LogP contribution in [0.1, 0.15) is 21.5 Å². The first kappa shape index (κ1) is 23.9. The molecule has 11 heteroatoms. The number of nitrogens with zero attached hydrogens (tertiary/aromatic N) is 1. The number of hydrogen-bond acceptors (Lipinski definition) is 6. The topological polar surface area (TPSA) is 88.6 Å². The van der Waals surface area contributed by atoms with Gasteiger partial charge < -0.3 is 0 Å². The first-order chi connectivity index (χ1) is 15.5. The smallest absolute Gasteiger partial charge is 0.265 e. The summed E-state index contributed by atoms with van der Waals surface area (Å²) < 4.78 is 25.1. The minimum absolute atomic E-state index is 0.0111. The molecule has 2 heterocycles. The lowest BCUT2D eigenvalue weighted by atomic mass is 9.97. The highest BCUT2D eigenvalue weighted by Gasteiger charge is 2.33. The third kappa shape index (κ3) is 5.00. The molecule has 0 radical (unpaired) electrons. The molecule has 0 spiro atoms. The summed E-state index contributed by atoms with van der Waals surface area (Å²) in [7, 11) is -3.80. The van der Waals surface area contributed by atoms with E-state index in [9.17, 15) is 22.8 Å². The minimum Gasteiger partial charge on any atom is -0.298 e. The van der Waals surface area contributed by atoms with Crippen molar-refractivity contribution in [2.75, 3.05) is 10.7 Å². The predicted octanol–water partition coefficient (Wildman–Crippen LogP) is 5.02. The number of amides is 2. The Labute approximate surface area is 208 Å². The molecule has 170 valence electrons. The van der Waals surface area contributed by atoms with Gasteiger partial charge in [-0.3, -0.25) is 14.4 Å². The van der Waals surface area contributed by atoms with Gasteiger partial charge in [-0.15, -0.1) is 11.3 Å². The van der Waals surface area contributed by atoms with Crippen LogP contribution in [0.25, 0.3) is 0 Å². The Balaban J connectivity index is 1.52. The van der Waals surface area contributed by atoms with Crippen molar-refractivity contribution in [2.45, 2.75) is 17.1 Å². The summed E-state index contributed by atoms with van der Waals surface area (Å²) in [5.41, 5.74) is 1.54. The maximum absolute atomic E-state index is 12.9. The molecule has 0 fully saturated rings. The number of sulfone groups is 1. The largest absolute Gasteiger partial charge is 0.298 e. The molecule has 0 N–H and O–H groups in total. The number of anilines is 1. The summed E-state index contributed by atoms with van der Waals surface area (Å²) in [5, 5.41) is 0.520. The molecule has 1 aliphatic rings. The fraction of sp³-hybridized carbons (Fsp3) is 0.136. The van der Waals surface area contributed by atoms with Gasteiger partial charge in [-0.2, -0.15) is 0 Å². The fourth-order valence-electron chi connectivity index (χ4n) is 3.50. The van der Waals surface area contributed by atoms with Crippen LogP contribution in [0.4, 0.5) is 5.69 Å². The van der Waals surface area contributed by atoms with Crippen LogP contribution in [0.15, 0.2) is 52.7 Å². The van der Waals surface area contributed by atoms with E-state index >= 15 is 0 Å². The number of fused-ring (bicyclic) bond motifs is 1. The highest BCUT2D eigenvalue weighted by Crippen LogP contribution is 2.33. The van der Waals surface area contributed by atoms with Gasteiger partial charge in [0, 0.05) is 17.0 Å². The Morgan fingerprint density at radius 3 is 2.42 bits per heavy atom. The van der Waals surface area contributed by atoms with Crippen molar-refractivity contribution in [1.29, 1.82) is 0 Å². The van der Waals surface area contributed by atoms with Gasteiger partial charge in [0.2, 0.25) is 5.91 Å². The van der Waals surface area contributed by atoms with Gasteiger partial charge >= 0.3 is 0 Å². The van der Waals surface area contributed by atoms with Crippen molar-refractivity contribution < 1.29 is 22.8 Å². The van der Waals surface area contributed by atoms with E-state index in [1.807, 2.05) is 0 Å². The summed E-state index contributed by atoms with van der Waals surface area (Å²) in [6.45, 7) is 0. The van der Waals surface area contributed by atoms with Crippen LogP contribution < -0.4 is 4.90 Å². The van der Waals surface area contributed by atoms with Crippen LogP contribution in [0.5, 0.6) is 0 Å². The molecule has 2 aromatic carbocycles. The van der Waals surface area contributed by atoms with E-state index in [-0.39, 0.29) is 27.8 Å². The molecule has 4 rings (SSSR count). The number of ketones is 1. The van der Waals surface area contributed by atoms with Crippen molar-refractivity contribution in [3.05, 3.63) is 79.6 Å². The van der Waals surface area contributed by atoms with E-state index in [1.165, 1.54) is 30.3 Å². The monoisotopic (exact) mass is 541 g/mol. The number of hydrogen-bond donors (Lipinski definition) is 0. The zero-order chi connectivity index (χ0) is 23.9. The van der Waals surface area contributed by atoms with Crippen LogP contribution in [-0.4, -0.2) is 31.8 Å². The second-order valence-corrected chi connectivity index (χ2v) is 12.1. The molecule has 1 aromatic heterocycles. The minimum atomic E-state index is -3.80. The van der Waals surface area contributed by atoms with Crippen molar-refractivity contribution in [3.63, 3.8) is 0 Å². The molecule has 6 nitrogen and oxygen atoms in total. The van der Waals surface area contributed by atoms with Crippen molar-refractivity contribution in [3.8, 4) is 0 Å². The first-order valence-corrected chi connectivity index (χ1v) is 13.1. The van der Waals surface area contributed by atoms with E-state index in [0.29, 0.717) is 26.0 Å². The Bertz CT molecular complexity index is 1420. The zero-order valence-corrected chi connectivity index (χ0v) is 20.6. The molecule has 3 aromatic rings. The summed E-state index contributed by atoms with van der Waals surface area (Å²) in [6, 6.07) is 12.0. The lowest BCUT2D eigenvalue weighted by Crippen LogP contribution is -2.42. The maximum Gasteiger partial charge on any atom is 0.265 e. The number of benzene rings is 2. The molecule has 0 aliphatic carbocycles. The average Bonchev–Trinajstić information content (AvgIpc) is 3.16. The molecule has 2 amide bonds. The normalized spacial score (nSPS) is 13.8. The molecular weight excluding hydrogens is 529 g/mol. The molecule has 0 bridgehead atoms. The van der Waals surface area contributed by atoms with Crippen molar-refractivity contribution in [2.24, 2.45) is 0 Å². The van der Waals surface area contributed by atoms with Gasteiger partial charge in [0.25, 0.3) is 5.91 Å². The molecule has 0 saturated heterocycles. The van der Waals surface area contributed by atoms with Crippen LogP contribution in [0.3, 0.4) is 0 Å². The second-order valence-electron chi connectivity index (χ2n) is 7.33. The van der Waals surface area contributed by atoms with E-state index in [4.69, 9.17) is 34.8 Å². The van der Waals surface area contributed by atoms with E-state index in [2.05, 4.69) is 0 Å². The first-order valence-electron chi connectivity index (χ1n) is 9.49. The van der Waals surface area contributed by atoms with Crippen LogP contribution in [0.2, 0.25) is 14.4 Å². The van der Waals surface area contributed by atoms with Gasteiger partial charge in [0.05, 0.1) is 21.5 Å². The molecule has 0 atom stereocenters. The summed E-state index contributed by atoms with van der Waals surface area (Å²) in [6.07, 6.45) is -0.190. The van der Waals surface area contributed by atoms with Crippen molar-refractivity contribution in [1.82, 2.24) is 0 Å². The highest BCUT2D eigenvalue weighted by molar-refractivity contribution is 7.94. The average molecular weight is 543 g/mol. The van der Waals surface area contributed by atoms with E-state index in [0.717, 1.165) is 16.2 Å². The Hall–Kier alpha value is -2.23. The number of halogens is 3. The molecule has 1 aliphatic heterocycles. The lowest BCUT2D eigenvalue weighted by molar-refractivity contribution is -0.118. The van der Waals surface area contributed by atoms with Gasteiger partial charge in [0.15, 0.2) is 15.6 Å².